The van der Waals surface area contributed by atoms with E-state index in [0.29, 0.717) is 4.59 Å². The highest BCUT2D eigenvalue weighted by atomic mass is 16.5. The minimum Gasteiger partial charge on any atom is -0.372 e. The third-order valence-corrected chi connectivity index (χ3v) is 8.85. The van der Waals surface area contributed by atoms with Gasteiger partial charge >= 0.3 is 0 Å². The fourth-order valence-corrected chi connectivity index (χ4v) is 6.32. The molecule has 1 N–H and O–H groups in total. The van der Waals surface area contributed by atoms with E-state index < -0.39 is 0 Å². The fraction of sp³-hybridized carbons (Fsp3) is 0.974. The van der Waals surface area contributed by atoms with E-state index in [1.807, 2.05) is 0 Å². The number of rotatable bonds is 34. The second-order valence-electron chi connectivity index (χ2n) is 14.0. The number of nitrogens with one attached hydrogen (secondary N) is 1. The van der Waals surface area contributed by atoms with Gasteiger partial charge in [-0.05, 0) is 12.8 Å². The number of amides is 1. The summed E-state index contributed by atoms with van der Waals surface area (Å²) in [5.41, 5.74) is 3.07. The van der Waals surface area contributed by atoms with E-state index in [2.05, 4.69) is 33.4 Å². The van der Waals surface area contributed by atoms with Gasteiger partial charge in [-0.2, -0.15) is 0 Å². The highest BCUT2D eigenvalue weighted by Crippen LogP contribution is 2.17. The van der Waals surface area contributed by atoms with Gasteiger partial charge in [0.15, 0.2) is 0 Å². The van der Waals surface area contributed by atoms with Crippen molar-refractivity contribution in [1.29, 1.82) is 0 Å². The summed E-state index contributed by atoms with van der Waals surface area (Å²) in [7, 11) is 4.16. The van der Waals surface area contributed by atoms with Crippen molar-refractivity contribution in [3.05, 3.63) is 0 Å². The molecule has 0 aliphatic heterocycles. The van der Waals surface area contributed by atoms with Gasteiger partial charge in [-0.15, -0.1) is 0 Å². The molecule has 1 unspecified atom stereocenters. The highest BCUT2D eigenvalue weighted by Gasteiger charge is 2.24. The summed E-state index contributed by atoms with van der Waals surface area (Å²) in [5, 5.41) is 0. The summed E-state index contributed by atoms with van der Waals surface area (Å²) in [6, 6.07) is 0. The van der Waals surface area contributed by atoms with Gasteiger partial charge in [0.25, 0.3) is 5.91 Å². The molecule has 0 heterocycles. The van der Waals surface area contributed by atoms with Crippen LogP contribution in [0.15, 0.2) is 0 Å². The predicted octanol–water partition coefficient (Wildman–Crippen LogP) is 11.9. The Morgan fingerprint density at radius 2 is 0.833 bits per heavy atom. The molecule has 42 heavy (non-hydrogen) atoms. The molecule has 0 radical (unpaired) electrons. The first-order chi connectivity index (χ1) is 20.4. The zero-order valence-electron chi connectivity index (χ0n) is 29.8. The zero-order valence-corrected chi connectivity index (χ0v) is 29.8. The maximum Gasteiger partial charge on any atom is 0.261 e. The van der Waals surface area contributed by atoms with Crippen LogP contribution in [0.2, 0.25) is 0 Å². The van der Waals surface area contributed by atoms with Crippen molar-refractivity contribution in [3.63, 3.8) is 0 Å². The van der Waals surface area contributed by atoms with Crippen LogP contribution < -0.4 is 5.43 Å². The summed E-state index contributed by atoms with van der Waals surface area (Å²) < 4.78 is 6.91. The van der Waals surface area contributed by atoms with E-state index in [0.717, 1.165) is 19.6 Å². The van der Waals surface area contributed by atoms with Gasteiger partial charge in [-0.1, -0.05) is 187 Å². The highest BCUT2D eigenvalue weighted by molar-refractivity contribution is 5.71. The Morgan fingerprint density at radius 3 is 1.17 bits per heavy atom. The second kappa shape index (κ2) is 31.8. The lowest BCUT2D eigenvalue weighted by molar-refractivity contribution is -0.928. The first kappa shape index (κ1) is 41.4. The number of likely N-dealkylation sites (N-methyl/N-ethyl adjacent to an activating group) is 1. The Bertz CT molecular complexity index is 551. The van der Waals surface area contributed by atoms with Crippen LogP contribution in [-0.2, 0) is 9.53 Å². The van der Waals surface area contributed by atoms with Crippen LogP contribution in [0.4, 0.5) is 0 Å². The number of quaternary nitrogens is 1. The van der Waals surface area contributed by atoms with Gasteiger partial charge in [0.2, 0.25) is 0 Å². The maximum atomic E-state index is 11.7. The molecule has 0 spiro atoms. The zero-order chi connectivity index (χ0) is 31.0. The molecule has 0 bridgehead atoms. The smallest absolute Gasteiger partial charge is 0.261 e. The van der Waals surface area contributed by atoms with Crippen molar-refractivity contribution < 1.29 is 14.1 Å². The number of ether oxygens (including phenoxy) is 1. The summed E-state index contributed by atoms with van der Waals surface area (Å²) in [6.07, 6.45) is 40.2. The summed E-state index contributed by atoms with van der Waals surface area (Å²) >= 11 is 0. The lowest BCUT2D eigenvalue weighted by Gasteiger charge is -2.32. The number of carbonyl (C=O) groups excluding carboxylic acids is 1. The number of hydrogen-bond acceptors (Lipinski definition) is 2. The Hall–Kier alpha value is -0.610. The number of unbranched alkanes of at least 4 members (excludes halogenated alkanes) is 26. The average Bonchev–Trinajstić information content (AvgIpc) is 2.94. The van der Waals surface area contributed by atoms with Gasteiger partial charge < -0.3 is 4.74 Å². The Kier molecular flexibility index (Phi) is 31.3. The molecular weight excluding hydrogens is 516 g/mol. The van der Waals surface area contributed by atoms with Gasteiger partial charge in [0.05, 0.1) is 14.1 Å². The molecule has 0 saturated heterocycles. The first-order valence-electron chi connectivity index (χ1n) is 19.1. The van der Waals surface area contributed by atoms with Crippen LogP contribution in [-0.4, -0.2) is 43.9 Å². The van der Waals surface area contributed by atoms with Crippen molar-refractivity contribution in [3.8, 4) is 0 Å². The third kappa shape index (κ3) is 32.3. The fourth-order valence-electron chi connectivity index (χ4n) is 6.32. The van der Waals surface area contributed by atoms with Crippen LogP contribution in [0.25, 0.3) is 0 Å². The molecule has 0 fully saturated rings. The molecule has 0 aliphatic rings. The standard InChI is InChI=1S/C38H78N2O2/c1-6-8-10-12-14-16-18-20-22-24-26-28-30-32-34-38(36-40(4,5)39-37(3)41)42-35-33-31-29-27-25-23-21-19-17-15-13-11-9-7-2/h38H,6-36H2,1-5H3/p+1. The quantitative estimate of drug-likeness (QED) is 0.0456. The Morgan fingerprint density at radius 1 is 0.524 bits per heavy atom. The summed E-state index contributed by atoms with van der Waals surface area (Å²) in [4.78, 5) is 11.7. The van der Waals surface area contributed by atoms with Crippen LogP contribution in [0, 0.1) is 0 Å². The van der Waals surface area contributed by atoms with Crippen molar-refractivity contribution in [2.45, 2.75) is 213 Å². The average molecular weight is 596 g/mol. The lowest BCUT2D eigenvalue weighted by Crippen LogP contribution is -2.57. The largest absolute Gasteiger partial charge is 0.372 e. The molecule has 0 aromatic rings. The Balaban J connectivity index is 3.89. The van der Waals surface area contributed by atoms with Crippen LogP contribution in [0.3, 0.4) is 0 Å². The molecule has 252 valence electrons. The number of carbonyl (C=O) groups is 1. The molecular formula is C38H79N2O2+. The third-order valence-electron chi connectivity index (χ3n) is 8.85. The molecule has 0 saturated carbocycles. The minimum atomic E-state index is 0.0298. The van der Waals surface area contributed by atoms with E-state index in [9.17, 15) is 4.79 Å². The monoisotopic (exact) mass is 596 g/mol. The van der Waals surface area contributed by atoms with Crippen LogP contribution in [0.5, 0.6) is 0 Å². The lowest BCUT2D eigenvalue weighted by atomic mass is 10.0. The van der Waals surface area contributed by atoms with Gasteiger partial charge in [0.1, 0.15) is 12.6 Å². The summed E-state index contributed by atoms with van der Waals surface area (Å²) in [5.74, 6) is 0.0298. The number of nitrogens with zero attached hydrogens (tertiary/aromatic N) is 1. The van der Waals surface area contributed by atoms with Gasteiger partial charge in [-0.25, -0.2) is 10.0 Å². The van der Waals surface area contributed by atoms with Crippen LogP contribution in [0.1, 0.15) is 207 Å². The molecule has 0 rings (SSSR count). The topological polar surface area (TPSA) is 38.3 Å². The van der Waals surface area contributed by atoms with Crippen molar-refractivity contribution >= 4 is 5.91 Å². The van der Waals surface area contributed by atoms with Crippen molar-refractivity contribution in [2.75, 3.05) is 27.2 Å². The molecule has 0 aromatic heterocycles. The molecule has 4 heteroatoms. The molecule has 0 aromatic carbocycles. The Labute approximate surface area is 265 Å². The van der Waals surface area contributed by atoms with E-state index in [1.54, 1.807) is 6.92 Å². The summed E-state index contributed by atoms with van der Waals surface area (Å²) in [6.45, 7) is 7.90. The normalized spacial score (nSPS) is 12.6. The van der Waals surface area contributed by atoms with Crippen LogP contribution >= 0.6 is 0 Å². The first-order valence-corrected chi connectivity index (χ1v) is 19.1. The minimum absolute atomic E-state index is 0.0298. The van der Waals surface area contributed by atoms with E-state index >= 15 is 0 Å². The predicted molar refractivity (Wildman–Crippen MR) is 186 cm³/mol. The van der Waals surface area contributed by atoms with Gasteiger partial charge in [-0.3, -0.25) is 4.79 Å². The molecule has 1 atom stereocenters. The van der Waals surface area contributed by atoms with E-state index in [4.69, 9.17) is 4.74 Å². The molecule has 4 nitrogen and oxygen atoms in total. The van der Waals surface area contributed by atoms with Crippen molar-refractivity contribution in [1.82, 2.24) is 5.43 Å². The van der Waals surface area contributed by atoms with Gasteiger partial charge in [0, 0.05) is 13.5 Å². The molecule has 0 aliphatic carbocycles. The van der Waals surface area contributed by atoms with E-state index in [1.165, 1.54) is 180 Å². The number of hydrogen-bond donors (Lipinski definition) is 1. The molecule has 1 amide bonds. The van der Waals surface area contributed by atoms with Crippen molar-refractivity contribution in [2.24, 2.45) is 0 Å². The SMILES string of the molecule is CCCCCCCCCCCCCCCCOC(CCCCCCCCCCCCCCCC)C[N+](C)(C)NC(C)=O. The second-order valence-corrected chi connectivity index (χ2v) is 14.0. The maximum absolute atomic E-state index is 11.7. The van der Waals surface area contributed by atoms with E-state index in [-0.39, 0.29) is 12.0 Å².